The van der Waals surface area contributed by atoms with Gasteiger partial charge in [-0.3, -0.25) is 14.3 Å². The second kappa shape index (κ2) is 10.2. The summed E-state index contributed by atoms with van der Waals surface area (Å²) in [7, 11) is 0. The molecular weight excluding hydrogens is 444 g/mol. The summed E-state index contributed by atoms with van der Waals surface area (Å²) in [4.78, 5) is 16.4. The number of hydrogen-bond acceptors (Lipinski definition) is 6. The van der Waals surface area contributed by atoms with E-state index in [4.69, 9.17) is 11.6 Å². The van der Waals surface area contributed by atoms with Crippen molar-refractivity contribution in [3.8, 4) is 17.1 Å². The Bertz CT molecular complexity index is 1220. The third-order valence-corrected chi connectivity index (χ3v) is 5.62. The monoisotopic (exact) mass is 462 g/mol. The molecule has 0 aliphatic heterocycles. The van der Waals surface area contributed by atoms with Gasteiger partial charge in [-0.1, -0.05) is 47.1 Å². The second-order valence-electron chi connectivity index (χ2n) is 6.82. The standard InChI is InChI=1S/C23H19ClN6OS/c1-16-5-11-20(12-6-16)30-22(17-7-9-18(24)10-8-17)28-29-23(30)32-15-21(31)27-26-14-19-4-2-3-13-25-19/h2-14H,15H2,1H3,(H,27,31). The Morgan fingerprint density at radius 3 is 2.59 bits per heavy atom. The third-order valence-electron chi connectivity index (χ3n) is 4.43. The van der Waals surface area contributed by atoms with Crippen LogP contribution in [0.2, 0.25) is 5.02 Å². The summed E-state index contributed by atoms with van der Waals surface area (Å²) in [6, 6.07) is 20.9. The normalized spacial score (nSPS) is 11.1. The Labute approximate surface area is 194 Å². The molecule has 9 heteroatoms. The Kier molecular flexibility index (Phi) is 6.94. The van der Waals surface area contributed by atoms with Crippen LogP contribution in [-0.2, 0) is 4.79 Å². The lowest BCUT2D eigenvalue weighted by atomic mass is 10.2. The maximum Gasteiger partial charge on any atom is 0.250 e. The van der Waals surface area contributed by atoms with E-state index in [1.165, 1.54) is 18.0 Å². The van der Waals surface area contributed by atoms with Crippen molar-refractivity contribution in [1.82, 2.24) is 25.2 Å². The number of nitrogens with zero attached hydrogens (tertiary/aromatic N) is 5. The Balaban J connectivity index is 1.53. The van der Waals surface area contributed by atoms with Crippen molar-refractivity contribution < 1.29 is 4.79 Å². The molecule has 0 unspecified atom stereocenters. The van der Waals surface area contributed by atoms with E-state index in [0.717, 1.165) is 16.8 Å². The largest absolute Gasteiger partial charge is 0.272 e. The van der Waals surface area contributed by atoms with Crippen LogP contribution in [-0.4, -0.2) is 37.6 Å². The first-order valence-corrected chi connectivity index (χ1v) is 11.1. The van der Waals surface area contributed by atoms with Gasteiger partial charge in [0.25, 0.3) is 5.91 Å². The van der Waals surface area contributed by atoms with E-state index in [9.17, 15) is 4.79 Å². The number of aryl methyl sites for hydroxylation is 1. The van der Waals surface area contributed by atoms with Crippen molar-refractivity contribution in [3.63, 3.8) is 0 Å². The van der Waals surface area contributed by atoms with Crippen LogP contribution in [0.5, 0.6) is 0 Å². The van der Waals surface area contributed by atoms with Gasteiger partial charge in [0.1, 0.15) is 0 Å². The number of carbonyl (C=O) groups is 1. The SMILES string of the molecule is Cc1ccc(-n2c(SCC(=O)NN=Cc3ccccn3)nnc2-c2ccc(Cl)cc2)cc1. The summed E-state index contributed by atoms with van der Waals surface area (Å²) in [6.07, 6.45) is 3.16. The Hall–Kier alpha value is -3.49. The molecule has 0 aliphatic carbocycles. The van der Waals surface area contributed by atoms with Crippen LogP contribution < -0.4 is 5.43 Å². The van der Waals surface area contributed by atoms with Crippen LogP contribution in [0.25, 0.3) is 17.1 Å². The average Bonchev–Trinajstić information content (AvgIpc) is 3.23. The number of rotatable bonds is 7. The number of thioether (sulfide) groups is 1. The lowest BCUT2D eigenvalue weighted by molar-refractivity contribution is -0.118. The van der Waals surface area contributed by atoms with E-state index in [-0.39, 0.29) is 11.7 Å². The fraction of sp³-hybridized carbons (Fsp3) is 0.0870. The summed E-state index contributed by atoms with van der Waals surface area (Å²) in [5.74, 6) is 0.541. The number of aromatic nitrogens is 4. The average molecular weight is 463 g/mol. The zero-order valence-corrected chi connectivity index (χ0v) is 18.7. The summed E-state index contributed by atoms with van der Waals surface area (Å²) < 4.78 is 1.93. The van der Waals surface area contributed by atoms with Crippen molar-refractivity contribution in [2.45, 2.75) is 12.1 Å². The van der Waals surface area contributed by atoms with Gasteiger partial charge in [0.2, 0.25) is 0 Å². The molecule has 0 atom stereocenters. The first-order chi connectivity index (χ1) is 15.6. The molecule has 1 N–H and O–H groups in total. The van der Waals surface area contributed by atoms with Crippen molar-refractivity contribution in [1.29, 1.82) is 0 Å². The van der Waals surface area contributed by atoms with Gasteiger partial charge in [0.05, 0.1) is 17.7 Å². The van der Waals surface area contributed by atoms with Crippen LogP contribution in [0.15, 0.2) is 83.2 Å². The molecule has 7 nitrogen and oxygen atoms in total. The van der Waals surface area contributed by atoms with Crippen LogP contribution in [0.3, 0.4) is 0 Å². The molecule has 2 aromatic carbocycles. The molecule has 0 saturated heterocycles. The van der Waals surface area contributed by atoms with E-state index in [1.807, 2.05) is 72.2 Å². The molecule has 0 saturated carbocycles. The Morgan fingerprint density at radius 2 is 1.88 bits per heavy atom. The first-order valence-electron chi connectivity index (χ1n) is 9.74. The quantitative estimate of drug-likeness (QED) is 0.248. The number of benzene rings is 2. The molecule has 0 fully saturated rings. The minimum absolute atomic E-state index is 0.129. The molecule has 2 aromatic heterocycles. The van der Waals surface area contributed by atoms with Gasteiger partial charge in [-0.2, -0.15) is 5.10 Å². The molecule has 1 amide bonds. The first kappa shape index (κ1) is 21.7. The molecule has 0 bridgehead atoms. The van der Waals surface area contributed by atoms with E-state index < -0.39 is 0 Å². The fourth-order valence-electron chi connectivity index (χ4n) is 2.86. The highest BCUT2D eigenvalue weighted by molar-refractivity contribution is 7.99. The maximum absolute atomic E-state index is 12.3. The van der Waals surface area contributed by atoms with Gasteiger partial charge in [-0.25, -0.2) is 5.43 Å². The molecule has 4 aromatic rings. The van der Waals surface area contributed by atoms with Crippen LogP contribution >= 0.6 is 23.4 Å². The van der Waals surface area contributed by atoms with Gasteiger partial charge in [0, 0.05) is 22.5 Å². The highest BCUT2D eigenvalue weighted by atomic mass is 35.5. The lowest BCUT2D eigenvalue weighted by Crippen LogP contribution is -2.20. The topological polar surface area (TPSA) is 85.1 Å². The van der Waals surface area contributed by atoms with Crippen molar-refractivity contribution in [2.24, 2.45) is 5.10 Å². The predicted octanol–water partition coefficient (Wildman–Crippen LogP) is 4.53. The third kappa shape index (κ3) is 5.40. The van der Waals surface area contributed by atoms with Gasteiger partial charge in [-0.15, -0.1) is 10.2 Å². The van der Waals surface area contributed by atoms with Gasteiger partial charge in [0.15, 0.2) is 11.0 Å². The minimum Gasteiger partial charge on any atom is -0.272 e. The van der Waals surface area contributed by atoms with Crippen LogP contribution in [0.1, 0.15) is 11.3 Å². The number of halogens is 1. The van der Waals surface area contributed by atoms with Gasteiger partial charge in [-0.05, 0) is 55.5 Å². The van der Waals surface area contributed by atoms with E-state index in [0.29, 0.717) is 21.7 Å². The summed E-state index contributed by atoms with van der Waals surface area (Å²) in [5.41, 5.74) is 6.10. The molecule has 4 rings (SSSR count). The van der Waals surface area contributed by atoms with Crippen molar-refractivity contribution >= 4 is 35.5 Å². The van der Waals surface area contributed by atoms with Crippen molar-refractivity contribution in [3.05, 3.63) is 89.2 Å². The molecule has 160 valence electrons. The van der Waals surface area contributed by atoms with Crippen molar-refractivity contribution in [2.75, 3.05) is 5.75 Å². The second-order valence-corrected chi connectivity index (χ2v) is 8.20. The number of hydrogen-bond donors (Lipinski definition) is 1. The van der Waals surface area contributed by atoms with Gasteiger partial charge >= 0.3 is 0 Å². The maximum atomic E-state index is 12.3. The summed E-state index contributed by atoms with van der Waals surface area (Å²) in [5, 5.41) is 13.9. The molecular formula is C23H19ClN6OS. The van der Waals surface area contributed by atoms with Gasteiger partial charge < -0.3 is 0 Å². The molecule has 32 heavy (non-hydrogen) atoms. The highest BCUT2D eigenvalue weighted by Crippen LogP contribution is 2.28. The summed E-state index contributed by atoms with van der Waals surface area (Å²) >= 11 is 7.32. The fourth-order valence-corrected chi connectivity index (χ4v) is 3.73. The highest BCUT2D eigenvalue weighted by Gasteiger charge is 2.17. The Morgan fingerprint density at radius 1 is 1.09 bits per heavy atom. The van der Waals surface area contributed by atoms with E-state index >= 15 is 0 Å². The smallest absolute Gasteiger partial charge is 0.250 e. The minimum atomic E-state index is -0.256. The predicted molar refractivity (Wildman–Crippen MR) is 127 cm³/mol. The molecule has 0 aliphatic rings. The lowest BCUT2D eigenvalue weighted by Gasteiger charge is -2.10. The van der Waals surface area contributed by atoms with E-state index in [2.05, 4.69) is 25.7 Å². The summed E-state index contributed by atoms with van der Waals surface area (Å²) in [6.45, 7) is 2.03. The zero-order chi connectivity index (χ0) is 22.3. The number of hydrazone groups is 1. The number of amides is 1. The van der Waals surface area contributed by atoms with Crippen LogP contribution in [0, 0.1) is 6.92 Å². The zero-order valence-electron chi connectivity index (χ0n) is 17.1. The van der Waals surface area contributed by atoms with Crippen LogP contribution in [0.4, 0.5) is 0 Å². The molecule has 2 heterocycles. The number of carbonyl (C=O) groups excluding carboxylic acids is 1. The van der Waals surface area contributed by atoms with E-state index in [1.54, 1.807) is 12.3 Å². The molecule has 0 spiro atoms. The number of nitrogens with one attached hydrogen (secondary N) is 1. The number of pyridine rings is 1. The molecule has 0 radical (unpaired) electrons.